The molecule has 144 valence electrons. The minimum absolute atomic E-state index is 0.0500. The molecule has 2 aliphatic rings. The summed E-state index contributed by atoms with van der Waals surface area (Å²) in [5.74, 6) is 0.0499. The number of carbonyl (C=O) groups is 1. The first-order valence-corrected chi connectivity index (χ1v) is 10.7. The first-order valence-electron chi connectivity index (χ1n) is 9.47. The fraction of sp³-hybridized carbons (Fsp3) is 0.273. The number of amidine groups is 1. The Kier molecular flexibility index (Phi) is 5.74. The molecule has 4 rings (SSSR count). The van der Waals surface area contributed by atoms with Crippen LogP contribution in [0, 0.1) is 0 Å². The predicted molar refractivity (Wildman–Crippen MR) is 116 cm³/mol. The van der Waals surface area contributed by atoms with Gasteiger partial charge < -0.3 is 5.11 Å². The third-order valence-corrected chi connectivity index (χ3v) is 6.25. The van der Waals surface area contributed by atoms with Crippen molar-refractivity contribution in [1.29, 1.82) is 0 Å². The molecular formula is C22H21ClN2O2S. The van der Waals surface area contributed by atoms with E-state index < -0.39 is 0 Å². The second-order valence-corrected chi connectivity index (χ2v) is 8.46. The van der Waals surface area contributed by atoms with Crippen molar-refractivity contribution >= 4 is 46.2 Å². The highest BCUT2D eigenvalue weighted by atomic mass is 35.5. The Hall–Kier alpha value is -2.24. The van der Waals surface area contributed by atoms with E-state index in [0.717, 1.165) is 31.4 Å². The molecule has 28 heavy (non-hydrogen) atoms. The first kappa shape index (κ1) is 19.1. The van der Waals surface area contributed by atoms with Crippen molar-refractivity contribution in [3.8, 4) is 5.75 Å². The lowest BCUT2D eigenvalue weighted by Gasteiger charge is -2.30. The standard InChI is InChI=1S/C22H21ClN2O2S/c23-16-11-12-19(26)15(13-16)14-20-21(27)25(18-9-5-2-6-10-18)22(28-20)24-17-7-3-1-4-8-17/h1,3-4,7-8,11-14,18,26H,2,5-6,9-10H2/b20-14-,24-22?. The highest BCUT2D eigenvalue weighted by Gasteiger charge is 2.38. The molecule has 2 aromatic carbocycles. The van der Waals surface area contributed by atoms with Gasteiger partial charge in [-0.1, -0.05) is 49.1 Å². The van der Waals surface area contributed by atoms with Gasteiger partial charge in [0, 0.05) is 16.6 Å². The molecule has 4 nitrogen and oxygen atoms in total. The van der Waals surface area contributed by atoms with E-state index in [1.54, 1.807) is 18.2 Å². The second kappa shape index (κ2) is 8.41. The van der Waals surface area contributed by atoms with E-state index in [0.29, 0.717) is 20.7 Å². The number of phenols is 1. The molecule has 0 atom stereocenters. The highest BCUT2D eigenvalue weighted by molar-refractivity contribution is 8.18. The molecular weight excluding hydrogens is 392 g/mol. The molecule has 0 radical (unpaired) electrons. The summed E-state index contributed by atoms with van der Waals surface area (Å²) in [6.07, 6.45) is 7.18. The number of rotatable bonds is 3. The summed E-state index contributed by atoms with van der Waals surface area (Å²) in [5.41, 5.74) is 1.36. The van der Waals surface area contributed by atoms with Crippen molar-refractivity contribution in [3.63, 3.8) is 0 Å². The number of thioether (sulfide) groups is 1. The summed E-state index contributed by atoms with van der Waals surface area (Å²) in [5, 5.41) is 11.4. The van der Waals surface area contributed by atoms with Gasteiger partial charge in [-0.3, -0.25) is 9.69 Å². The summed E-state index contributed by atoms with van der Waals surface area (Å²) in [4.78, 5) is 20.4. The zero-order valence-corrected chi connectivity index (χ0v) is 16.9. The van der Waals surface area contributed by atoms with Crippen LogP contribution in [0.3, 0.4) is 0 Å². The van der Waals surface area contributed by atoms with Gasteiger partial charge in [0.15, 0.2) is 5.17 Å². The van der Waals surface area contributed by atoms with E-state index in [1.807, 2.05) is 35.2 Å². The van der Waals surface area contributed by atoms with E-state index in [-0.39, 0.29) is 17.7 Å². The molecule has 0 unspecified atom stereocenters. The van der Waals surface area contributed by atoms with Crippen LogP contribution >= 0.6 is 23.4 Å². The topological polar surface area (TPSA) is 52.9 Å². The lowest BCUT2D eigenvalue weighted by molar-refractivity contribution is -0.124. The molecule has 1 heterocycles. The molecule has 2 fully saturated rings. The van der Waals surface area contributed by atoms with E-state index >= 15 is 0 Å². The average Bonchev–Trinajstić information content (AvgIpc) is 3.01. The van der Waals surface area contributed by atoms with Crippen LogP contribution in [0.4, 0.5) is 5.69 Å². The second-order valence-electron chi connectivity index (χ2n) is 7.01. The molecule has 1 saturated carbocycles. The maximum absolute atomic E-state index is 13.2. The lowest BCUT2D eigenvalue weighted by Crippen LogP contribution is -2.40. The zero-order chi connectivity index (χ0) is 19.5. The fourth-order valence-electron chi connectivity index (χ4n) is 3.62. The minimum Gasteiger partial charge on any atom is -0.507 e. The number of aromatic hydroxyl groups is 1. The van der Waals surface area contributed by atoms with Crippen LogP contribution in [0.2, 0.25) is 5.02 Å². The molecule has 2 aromatic rings. The summed E-state index contributed by atoms with van der Waals surface area (Å²) in [6.45, 7) is 0. The van der Waals surface area contributed by atoms with Gasteiger partial charge in [-0.25, -0.2) is 4.99 Å². The van der Waals surface area contributed by atoms with Gasteiger partial charge in [0.2, 0.25) is 0 Å². The maximum Gasteiger partial charge on any atom is 0.267 e. The van der Waals surface area contributed by atoms with Crippen molar-refractivity contribution < 1.29 is 9.90 Å². The summed E-state index contributed by atoms with van der Waals surface area (Å²) >= 11 is 7.42. The Morgan fingerprint density at radius 2 is 1.86 bits per heavy atom. The van der Waals surface area contributed by atoms with Gasteiger partial charge in [0.05, 0.1) is 10.6 Å². The van der Waals surface area contributed by atoms with E-state index in [2.05, 4.69) is 0 Å². The van der Waals surface area contributed by atoms with Gasteiger partial charge in [-0.15, -0.1) is 0 Å². The van der Waals surface area contributed by atoms with Crippen molar-refractivity contribution in [2.75, 3.05) is 0 Å². The molecule has 1 saturated heterocycles. The summed E-state index contributed by atoms with van der Waals surface area (Å²) in [7, 11) is 0. The molecule has 1 aliphatic heterocycles. The van der Waals surface area contributed by atoms with Gasteiger partial charge in [-0.2, -0.15) is 0 Å². The predicted octanol–water partition coefficient (Wildman–Crippen LogP) is 5.98. The lowest BCUT2D eigenvalue weighted by atomic mass is 9.94. The Labute approximate surface area is 173 Å². The fourth-order valence-corrected chi connectivity index (χ4v) is 4.85. The first-order chi connectivity index (χ1) is 13.6. The number of amides is 1. The molecule has 1 amide bonds. The smallest absolute Gasteiger partial charge is 0.267 e. The normalized spacial score (nSPS) is 21.0. The SMILES string of the molecule is O=C1/C(=C/c2cc(Cl)ccc2O)SC(=Nc2ccccc2)N1C1CCCCC1. The van der Waals surface area contributed by atoms with Gasteiger partial charge in [-0.05, 0) is 61.0 Å². The van der Waals surface area contributed by atoms with Crippen molar-refractivity contribution in [2.45, 2.75) is 38.1 Å². The summed E-state index contributed by atoms with van der Waals surface area (Å²) < 4.78 is 0. The summed E-state index contributed by atoms with van der Waals surface area (Å²) in [6, 6.07) is 14.7. The van der Waals surface area contributed by atoms with Crippen LogP contribution in [0.25, 0.3) is 6.08 Å². The number of carbonyl (C=O) groups excluding carboxylic acids is 1. The number of nitrogens with zero attached hydrogens (tertiary/aromatic N) is 2. The number of halogens is 1. The third-order valence-electron chi connectivity index (χ3n) is 5.03. The van der Waals surface area contributed by atoms with E-state index in [1.165, 1.54) is 24.2 Å². The Balaban J connectivity index is 1.72. The number of benzene rings is 2. The maximum atomic E-state index is 13.2. The largest absolute Gasteiger partial charge is 0.507 e. The quantitative estimate of drug-likeness (QED) is 0.630. The number of aliphatic imine (C=N–C) groups is 1. The average molecular weight is 413 g/mol. The van der Waals surface area contributed by atoms with Gasteiger partial charge in [0.25, 0.3) is 5.91 Å². The minimum atomic E-state index is -0.0500. The van der Waals surface area contributed by atoms with Crippen molar-refractivity contribution in [2.24, 2.45) is 4.99 Å². The van der Waals surface area contributed by atoms with E-state index in [9.17, 15) is 9.90 Å². The highest BCUT2D eigenvalue weighted by Crippen LogP contribution is 2.39. The molecule has 0 aromatic heterocycles. The van der Waals surface area contributed by atoms with Crippen LogP contribution < -0.4 is 0 Å². The Bertz CT molecular complexity index is 937. The molecule has 0 spiro atoms. The number of phenolic OH excluding ortho intramolecular Hbond substituents is 1. The van der Waals surface area contributed by atoms with Crippen LogP contribution in [-0.4, -0.2) is 27.1 Å². The van der Waals surface area contributed by atoms with Crippen LogP contribution in [0.15, 0.2) is 58.4 Å². The molecule has 1 aliphatic carbocycles. The molecule has 1 N–H and O–H groups in total. The zero-order valence-electron chi connectivity index (χ0n) is 15.3. The van der Waals surface area contributed by atoms with Crippen LogP contribution in [0.5, 0.6) is 5.75 Å². The van der Waals surface area contributed by atoms with Crippen molar-refractivity contribution in [3.05, 3.63) is 64.0 Å². The van der Waals surface area contributed by atoms with Crippen LogP contribution in [-0.2, 0) is 4.79 Å². The van der Waals surface area contributed by atoms with Crippen LogP contribution in [0.1, 0.15) is 37.7 Å². The molecule has 0 bridgehead atoms. The Morgan fingerprint density at radius 1 is 1.11 bits per heavy atom. The van der Waals surface area contributed by atoms with E-state index in [4.69, 9.17) is 16.6 Å². The Morgan fingerprint density at radius 3 is 2.61 bits per heavy atom. The number of para-hydroxylation sites is 1. The number of hydrogen-bond acceptors (Lipinski definition) is 4. The number of hydrogen-bond donors (Lipinski definition) is 1. The molecule has 6 heteroatoms. The van der Waals surface area contributed by atoms with Gasteiger partial charge in [0.1, 0.15) is 5.75 Å². The van der Waals surface area contributed by atoms with Crippen molar-refractivity contribution in [1.82, 2.24) is 4.90 Å². The monoisotopic (exact) mass is 412 g/mol. The van der Waals surface area contributed by atoms with Gasteiger partial charge >= 0.3 is 0 Å². The third kappa shape index (κ3) is 4.10.